The Kier molecular flexibility index (Phi) is 4.94. The highest BCUT2D eigenvalue weighted by molar-refractivity contribution is 5.79. The second-order valence-electron chi connectivity index (χ2n) is 6.12. The van der Waals surface area contributed by atoms with Gasteiger partial charge in [-0.1, -0.05) is 0 Å². The smallest absolute Gasteiger partial charge is 0.342 e. The number of hydrogen-bond donors (Lipinski definition) is 1. The zero-order chi connectivity index (χ0) is 14.8. The lowest BCUT2D eigenvalue weighted by Gasteiger charge is -2.36. The molecular weight excluding hydrogens is 269 g/mol. The Morgan fingerprint density at radius 2 is 1.80 bits per heavy atom. The van der Waals surface area contributed by atoms with Gasteiger partial charge in [-0.15, -0.1) is 0 Å². The van der Waals surface area contributed by atoms with Crippen molar-refractivity contribution < 1.29 is 18.0 Å². The lowest BCUT2D eigenvalue weighted by molar-refractivity contribution is -0.185. The molecule has 1 aliphatic heterocycles. The van der Waals surface area contributed by atoms with E-state index in [2.05, 4.69) is 0 Å². The largest absolute Gasteiger partial charge is 0.391 e. The maximum atomic E-state index is 12.6. The summed E-state index contributed by atoms with van der Waals surface area (Å²) in [6.07, 6.45) is -1.20. The lowest BCUT2D eigenvalue weighted by Crippen LogP contribution is -2.45. The summed E-state index contributed by atoms with van der Waals surface area (Å²) in [7, 11) is 0. The quantitative estimate of drug-likeness (QED) is 0.850. The van der Waals surface area contributed by atoms with Crippen LogP contribution in [-0.4, -0.2) is 36.6 Å². The minimum Gasteiger partial charge on any atom is -0.342 e. The van der Waals surface area contributed by atoms with Gasteiger partial charge in [0.05, 0.1) is 5.92 Å². The van der Waals surface area contributed by atoms with Crippen LogP contribution < -0.4 is 5.73 Å². The molecule has 20 heavy (non-hydrogen) atoms. The normalized spacial score (nSPS) is 32.2. The van der Waals surface area contributed by atoms with Crippen LogP contribution >= 0.6 is 0 Å². The minimum absolute atomic E-state index is 0.0452. The highest BCUT2D eigenvalue weighted by Gasteiger charge is 2.43. The Bertz CT molecular complexity index is 338. The van der Waals surface area contributed by atoms with Crippen molar-refractivity contribution in [3.63, 3.8) is 0 Å². The number of nitrogens with two attached hydrogens (primary N) is 1. The molecule has 0 aromatic rings. The third-order valence-electron chi connectivity index (χ3n) is 4.70. The number of piperidine rings is 1. The van der Waals surface area contributed by atoms with Crippen LogP contribution in [0.1, 0.15) is 38.5 Å². The molecule has 1 unspecified atom stereocenters. The van der Waals surface area contributed by atoms with Gasteiger partial charge in [0, 0.05) is 19.0 Å². The van der Waals surface area contributed by atoms with E-state index in [4.69, 9.17) is 5.73 Å². The Hall–Kier alpha value is -0.780. The van der Waals surface area contributed by atoms with Gasteiger partial charge in [-0.25, -0.2) is 0 Å². The summed E-state index contributed by atoms with van der Waals surface area (Å²) in [5.41, 5.74) is 5.65. The average molecular weight is 292 g/mol. The van der Waals surface area contributed by atoms with E-state index in [9.17, 15) is 18.0 Å². The average Bonchev–Trinajstić information content (AvgIpc) is 2.46. The predicted molar refractivity (Wildman–Crippen MR) is 69.9 cm³/mol. The lowest BCUT2D eigenvalue weighted by atomic mass is 9.80. The first-order valence-corrected chi connectivity index (χ1v) is 7.47. The van der Waals surface area contributed by atoms with Gasteiger partial charge in [-0.05, 0) is 51.0 Å². The van der Waals surface area contributed by atoms with E-state index in [0.717, 1.165) is 19.4 Å². The molecule has 2 fully saturated rings. The van der Waals surface area contributed by atoms with Crippen molar-refractivity contribution >= 4 is 5.91 Å². The van der Waals surface area contributed by atoms with Crippen molar-refractivity contribution in [1.29, 1.82) is 0 Å². The second kappa shape index (κ2) is 6.33. The van der Waals surface area contributed by atoms with Gasteiger partial charge < -0.3 is 10.6 Å². The summed E-state index contributed by atoms with van der Waals surface area (Å²) in [6.45, 7) is 1.98. The summed E-state index contributed by atoms with van der Waals surface area (Å²) in [4.78, 5) is 14.2. The van der Waals surface area contributed by atoms with Gasteiger partial charge in [-0.2, -0.15) is 13.2 Å². The summed E-state index contributed by atoms with van der Waals surface area (Å²) in [5.74, 6) is -1.04. The van der Waals surface area contributed by atoms with E-state index in [1.165, 1.54) is 0 Å². The van der Waals surface area contributed by atoms with Crippen LogP contribution in [0.25, 0.3) is 0 Å². The first kappa shape index (κ1) is 15.6. The molecule has 0 aromatic heterocycles. The molecular formula is C14H23F3N2O. The van der Waals surface area contributed by atoms with Crippen LogP contribution in [0.2, 0.25) is 0 Å². The van der Waals surface area contributed by atoms with Crippen molar-refractivity contribution in [2.75, 3.05) is 19.6 Å². The number of hydrogen-bond acceptors (Lipinski definition) is 2. The number of rotatable bonds is 2. The van der Waals surface area contributed by atoms with Crippen molar-refractivity contribution in [3.8, 4) is 0 Å². The molecule has 3 nitrogen and oxygen atoms in total. The monoisotopic (exact) mass is 292 g/mol. The molecule has 6 heteroatoms. The minimum atomic E-state index is -4.11. The number of carbonyl (C=O) groups is 1. The van der Waals surface area contributed by atoms with Crippen LogP contribution in [0.4, 0.5) is 13.2 Å². The molecule has 1 aliphatic carbocycles. The van der Waals surface area contributed by atoms with Gasteiger partial charge in [0.2, 0.25) is 5.91 Å². The SMILES string of the molecule is NCC1CCCN(C(=O)C2CCC(C(F)(F)F)CC2)C1. The third kappa shape index (κ3) is 3.65. The molecule has 0 spiro atoms. The van der Waals surface area contributed by atoms with E-state index in [1.807, 2.05) is 4.90 Å². The summed E-state index contributed by atoms with van der Waals surface area (Å²) in [6, 6.07) is 0. The molecule has 0 bridgehead atoms. The molecule has 1 saturated carbocycles. The predicted octanol–water partition coefficient (Wildman–Crippen LogP) is 2.55. The standard InChI is InChI=1S/C14H23F3N2O/c15-14(16,17)12-5-3-11(4-6-12)13(20)19-7-1-2-10(8-18)9-19/h10-12H,1-9,18H2. The fourth-order valence-corrected chi connectivity index (χ4v) is 3.38. The van der Waals surface area contributed by atoms with Gasteiger partial charge in [0.1, 0.15) is 0 Å². The van der Waals surface area contributed by atoms with E-state index < -0.39 is 12.1 Å². The number of nitrogens with zero attached hydrogens (tertiary/aromatic N) is 1. The second-order valence-corrected chi connectivity index (χ2v) is 6.12. The molecule has 2 N–H and O–H groups in total. The first-order valence-electron chi connectivity index (χ1n) is 7.47. The Balaban J connectivity index is 1.85. The van der Waals surface area contributed by atoms with Crippen LogP contribution in [0, 0.1) is 17.8 Å². The fourth-order valence-electron chi connectivity index (χ4n) is 3.38. The van der Waals surface area contributed by atoms with Crippen molar-refractivity contribution in [3.05, 3.63) is 0 Å². The van der Waals surface area contributed by atoms with Gasteiger partial charge in [0.25, 0.3) is 0 Å². The van der Waals surface area contributed by atoms with Crippen molar-refractivity contribution in [2.24, 2.45) is 23.5 Å². The molecule has 116 valence electrons. The Morgan fingerprint density at radius 3 is 2.35 bits per heavy atom. The molecule has 0 aromatic carbocycles. The van der Waals surface area contributed by atoms with Gasteiger partial charge in [0.15, 0.2) is 0 Å². The van der Waals surface area contributed by atoms with E-state index in [0.29, 0.717) is 31.8 Å². The van der Waals surface area contributed by atoms with Crippen LogP contribution in [0.15, 0.2) is 0 Å². The Morgan fingerprint density at radius 1 is 1.15 bits per heavy atom. The van der Waals surface area contributed by atoms with Gasteiger partial charge >= 0.3 is 6.18 Å². The third-order valence-corrected chi connectivity index (χ3v) is 4.70. The maximum Gasteiger partial charge on any atom is 0.391 e. The molecule has 2 aliphatic rings. The van der Waals surface area contributed by atoms with E-state index in [1.54, 1.807) is 0 Å². The zero-order valence-corrected chi connectivity index (χ0v) is 11.7. The number of alkyl halides is 3. The molecule has 1 atom stereocenters. The van der Waals surface area contributed by atoms with Crippen molar-refractivity contribution in [2.45, 2.75) is 44.7 Å². The summed E-state index contributed by atoms with van der Waals surface area (Å²) in [5, 5.41) is 0. The number of amides is 1. The molecule has 1 saturated heterocycles. The van der Waals surface area contributed by atoms with Gasteiger partial charge in [-0.3, -0.25) is 4.79 Å². The maximum absolute atomic E-state index is 12.6. The Labute approximate surface area is 117 Å². The molecule has 1 amide bonds. The molecule has 0 radical (unpaired) electrons. The highest BCUT2D eigenvalue weighted by atomic mass is 19.4. The first-order chi connectivity index (χ1) is 9.41. The zero-order valence-electron chi connectivity index (χ0n) is 11.7. The number of likely N-dealkylation sites (tertiary alicyclic amines) is 1. The number of carbonyl (C=O) groups excluding carboxylic acids is 1. The topological polar surface area (TPSA) is 46.3 Å². The summed E-state index contributed by atoms with van der Waals surface area (Å²) < 4.78 is 37.8. The molecule has 1 heterocycles. The van der Waals surface area contributed by atoms with Crippen LogP contribution in [0.5, 0.6) is 0 Å². The summed E-state index contributed by atoms with van der Waals surface area (Å²) >= 11 is 0. The van der Waals surface area contributed by atoms with E-state index in [-0.39, 0.29) is 24.7 Å². The van der Waals surface area contributed by atoms with E-state index >= 15 is 0 Å². The molecule has 2 rings (SSSR count). The fraction of sp³-hybridized carbons (Fsp3) is 0.929. The van der Waals surface area contributed by atoms with Crippen LogP contribution in [0.3, 0.4) is 0 Å². The number of halogens is 3. The van der Waals surface area contributed by atoms with Crippen molar-refractivity contribution in [1.82, 2.24) is 4.90 Å². The highest BCUT2D eigenvalue weighted by Crippen LogP contribution is 2.40. The van der Waals surface area contributed by atoms with Crippen LogP contribution in [-0.2, 0) is 4.79 Å².